The largest absolute Gasteiger partial charge is 0.481 e. The van der Waals surface area contributed by atoms with E-state index in [1.54, 1.807) is 16.9 Å². The Bertz CT molecular complexity index is 720. The molecule has 0 amide bonds. The van der Waals surface area contributed by atoms with Crippen molar-refractivity contribution in [3.05, 3.63) is 36.2 Å². The topological polar surface area (TPSA) is 91.8 Å². The Hall–Kier alpha value is -2.77. The number of aromatic nitrogens is 6. The number of ether oxygens (including phenoxy) is 1. The highest BCUT2D eigenvalue weighted by Crippen LogP contribution is 2.16. The molecule has 8 nitrogen and oxygen atoms in total. The van der Waals surface area contributed by atoms with Crippen LogP contribution in [0.15, 0.2) is 29.3 Å². The van der Waals surface area contributed by atoms with Crippen LogP contribution in [0.4, 0.5) is 0 Å². The van der Waals surface area contributed by atoms with Crippen molar-refractivity contribution in [3.8, 4) is 17.4 Å². The maximum atomic E-state index is 5.18. The van der Waals surface area contributed by atoms with Crippen LogP contribution in [0, 0.1) is 6.92 Å². The molecule has 0 saturated heterocycles. The van der Waals surface area contributed by atoms with Crippen LogP contribution in [0.25, 0.3) is 11.5 Å². The van der Waals surface area contributed by atoms with E-state index in [2.05, 4.69) is 25.2 Å². The van der Waals surface area contributed by atoms with Gasteiger partial charge in [0.25, 0.3) is 0 Å². The van der Waals surface area contributed by atoms with E-state index < -0.39 is 0 Å². The standard InChI is InChI=1S/C12H12N6O2/c1-8-4-15-18(5-8)6-11-16-12(17-20-11)9-3-10(19-2)14-7-13-9/h3-5,7H,6H2,1-2H3. The highest BCUT2D eigenvalue weighted by Gasteiger charge is 2.11. The lowest BCUT2D eigenvalue weighted by atomic mass is 10.4. The van der Waals surface area contributed by atoms with Crippen molar-refractivity contribution < 1.29 is 9.26 Å². The van der Waals surface area contributed by atoms with Crippen molar-refractivity contribution >= 4 is 0 Å². The molecular formula is C12H12N6O2. The van der Waals surface area contributed by atoms with Gasteiger partial charge >= 0.3 is 0 Å². The molecule has 0 aromatic carbocycles. The van der Waals surface area contributed by atoms with E-state index in [1.165, 1.54) is 13.4 Å². The van der Waals surface area contributed by atoms with E-state index in [0.717, 1.165) is 5.56 Å². The van der Waals surface area contributed by atoms with Crippen LogP contribution in [-0.4, -0.2) is 37.0 Å². The normalized spacial score (nSPS) is 10.7. The lowest BCUT2D eigenvalue weighted by molar-refractivity contribution is 0.366. The molecule has 0 N–H and O–H groups in total. The molecule has 3 aromatic rings. The molecule has 0 fully saturated rings. The minimum Gasteiger partial charge on any atom is -0.481 e. The predicted molar refractivity (Wildman–Crippen MR) is 67.9 cm³/mol. The summed E-state index contributed by atoms with van der Waals surface area (Å²) in [6.45, 7) is 2.39. The summed E-state index contributed by atoms with van der Waals surface area (Å²) in [5.74, 6) is 1.30. The van der Waals surface area contributed by atoms with Crippen LogP contribution >= 0.6 is 0 Å². The first-order valence-electron chi connectivity index (χ1n) is 5.92. The summed E-state index contributed by atoms with van der Waals surface area (Å²) in [5.41, 5.74) is 1.62. The highest BCUT2D eigenvalue weighted by atomic mass is 16.5. The van der Waals surface area contributed by atoms with E-state index in [-0.39, 0.29) is 0 Å². The second kappa shape index (κ2) is 5.08. The van der Waals surface area contributed by atoms with Gasteiger partial charge < -0.3 is 9.26 Å². The summed E-state index contributed by atoms with van der Waals surface area (Å²) in [4.78, 5) is 12.3. The molecule has 0 aliphatic rings. The number of hydrogen-bond acceptors (Lipinski definition) is 7. The second-order valence-corrected chi connectivity index (χ2v) is 4.17. The number of aryl methyl sites for hydroxylation is 1. The van der Waals surface area contributed by atoms with Gasteiger partial charge in [0.1, 0.15) is 18.6 Å². The van der Waals surface area contributed by atoms with Gasteiger partial charge in [0.15, 0.2) is 0 Å². The minimum atomic E-state index is 0.393. The average Bonchev–Trinajstić information content (AvgIpc) is 3.09. The molecule has 8 heteroatoms. The summed E-state index contributed by atoms with van der Waals surface area (Å²) in [6, 6.07) is 1.65. The average molecular weight is 272 g/mol. The molecule has 3 rings (SSSR count). The molecule has 0 saturated carbocycles. The number of rotatable bonds is 4. The van der Waals surface area contributed by atoms with Crippen molar-refractivity contribution in [2.45, 2.75) is 13.5 Å². The first-order valence-corrected chi connectivity index (χ1v) is 5.92. The van der Waals surface area contributed by atoms with Crippen molar-refractivity contribution in [3.63, 3.8) is 0 Å². The Morgan fingerprint density at radius 2 is 2.25 bits per heavy atom. The monoisotopic (exact) mass is 272 g/mol. The highest BCUT2D eigenvalue weighted by molar-refractivity contribution is 5.49. The number of methoxy groups -OCH3 is 1. The van der Waals surface area contributed by atoms with Crippen LogP contribution in [0.5, 0.6) is 5.88 Å². The Balaban J connectivity index is 1.82. The van der Waals surface area contributed by atoms with Crippen LogP contribution in [0.2, 0.25) is 0 Å². The fourth-order valence-electron chi connectivity index (χ4n) is 1.69. The van der Waals surface area contributed by atoms with Gasteiger partial charge in [-0.25, -0.2) is 9.97 Å². The molecule has 3 aromatic heterocycles. The summed E-state index contributed by atoms with van der Waals surface area (Å²) < 4.78 is 11.9. The van der Waals surface area contributed by atoms with Crippen LogP contribution < -0.4 is 4.74 Å². The lowest BCUT2D eigenvalue weighted by Crippen LogP contribution is -2.00. The Morgan fingerprint density at radius 1 is 1.35 bits per heavy atom. The summed E-state index contributed by atoms with van der Waals surface area (Å²) in [7, 11) is 1.54. The van der Waals surface area contributed by atoms with E-state index in [0.29, 0.717) is 29.8 Å². The number of nitrogens with zero attached hydrogens (tertiary/aromatic N) is 6. The second-order valence-electron chi connectivity index (χ2n) is 4.17. The van der Waals surface area contributed by atoms with E-state index >= 15 is 0 Å². The van der Waals surface area contributed by atoms with Gasteiger partial charge in [0.2, 0.25) is 17.6 Å². The molecule has 102 valence electrons. The van der Waals surface area contributed by atoms with E-state index in [4.69, 9.17) is 9.26 Å². The van der Waals surface area contributed by atoms with Crippen LogP contribution in [-0.2, 0) is 6.54 Å². The number of hydrogen-bond donors (Lipinski definition) is 0. The first-order chi connectivity index (χ1) is 9.74. The first kappa shape index (κ1) is 12.3. The third kappa shape index (κ3) is 2.48. The summed E-state index contributed by atoms with van der Waals surface area (Å²) in [5, 5.41) is 8.06. The minimum absolute atomic E-state index is 0.393. The molecule has 20 heavy (non-hydrogen) atoms. The third-order valence-corrected chi connectivity index (χ3v) is 2.61. The van der Waals surface area contributed by atoms with Crippen LogP contribution in [0.3, 0.4) is 0 Å². The zero-order chi connectivity index (χ0) is 13.9. The van der Waals surface area contributed by atoms with Crippen LogP contribution in [0.1, 0.15) is 11.5 Å². The van der Waals surface area contributed by atoms with Crippen molar-refractivity contribution in [1.82, 2.24) is 29.9 Å². The van der Waals surface area contributed by atoms with Crippen molar-refractivity contribution in [1.29, 1.82) is 0 Å². The molecule has 0 unspecified atom stereocenters. The maximum Gasteiger partial charge on any atom is 0.248 e. The van der Waals surface area contributed by atoms with E-state index in [9.17, 15) is 0 Å². The Morgan fingerprint density at radius 3 is 3.00 bits per heavy atom. The SMILES string of the molecule is COc1cc(-c2noc(Cn3cc(C)cn3)n2)ncn1. The zero-order valence-electron chi connectivity index (χ0n) is 11.0. The summed E-state index contributed by atoms with van der Waals surface area (Å²) in [6.07, 6.45) is 5.06. The molecule has 0 radical (unpaired) electrons. The Kier molecular flexibility index (Phi) is 3.12. The predicted octanol–water partition coefficient (Wildman–Crippen LogP) is 1.09. The smallest absolute Gasteiger partial charge is 0.248 e. The summed E-state index contributed by atoms with van der Waals surface area (Å²) >= 11 is 0. The van der Waals surface area contributed by atoms with Gasteiger partial charge in [-0.15, -0.1) is 0 Å². The van der Waals surface area contributed by atoms with Crippen molar-refractivity contribution in [2.75, 3.05) is 7.11 Å². The Labute approximate surface area is 114 Å². The van der Waals surface area contributed by atoms with Gasteiger partial charge in [0, 0.05) is 12.3 Å². The molecule has 0 aliphatic carbocycles. The molecular weight excluding hydrogens is 260 g/mol. The van der Waals surface area contributed by atoms with Gasteiger partial charge in [-0.2, -0.15) is 10.1 Å². The fraction of sp³-hybridized carbons (Fsp3) is 0.250. The van der Waals surface area contributed by atoms with Gasteiger partial charge in [-0.05, 0) is 12.5 Å². The van der Waals surface area contributed by atoms with Gasteiger partial charge in [0.05, 0.1) is 13.3 Å². The molecule has 0 atom stereocenters. The van der Waals surface area contributed by atoms with Gasteiger partial charge in [-0.1, -0.05) is 5.16 Å². The zero-order valence-corrected chi connectivity index (χ0v) is 11.0. The molecule has 3 heterocycles. The molecule has 0 bridgehead atoms. The molecule has 0 spiro atoms. The fourth-order valence-corrected chi connectivity index (χ4v) is 1.69. The van der Waals surface area contributed by atoms with Gasteiger partial charge in [-0.3, -0.25) is 4.68 Å². The molecule has 0 aliphatic heterocycles. The van der Waals surface area contributed by atoms with E-state index in [1.807, 2.05) is 13.1 Å². The lowest BCUT2D eigenvalue weighted by Gasteiger charge is -1.97. The quantitative estimate of drug-likeness (QED) is 0.701. The van der Waals surface area contributed by atoms with Crippen molar-refractivity contribution in [2.24, 2.45) is 0 Å². The third-order valence-electron chi connectivity index (χ3n) is 2.61. The maximum absolute atomic E-state index is 5.18.